The lowest BCUT2D eigenvalue weighted by Crippen LogP contribution is -2.24. The van der Waals surface area contributed by atoms with Crippen LogP contribution in [-0.2, 0) is 4.74 Å². The number of hydrogen-bond acceptors (Lipinski definition) is 4. The van der Waals surface area contributed by atoms with Crippen LogP contribution in [0, 0.1) is 0 Å². The molecule has 94 valence electrons. The van der Waals surface area contributed by atoms with Crippen molar-refractivity contribution < 1.29 is 29.3 Å². The Bertz CT molecular complexity index is 506. The lowest BCUT2D eigenvalue weighted by molar-refractivity contribution is 0.0696. The van der Waals surface area contributed by atoms with Crippen LogP contribution in [0.5, 0.6) is 0 Å². The molecule has 18 heavy (non-hydrogen) atoms. The highest BCUT2D eigenvalue weighted by atomic mass is 16.6. The molecule has 7 nitrogen and oxygen atoms in total. The molecule has 2 N–H and O–H groups in total. The normalized spacial score (nSPS) is 14.4. The Morgan fingerprint density at radius 2 is 1.67 bits per heavy atom. The number of cyclic esters (lactones) is 1. The van der Waals surface area contributed by atoms with Gasteiger partial charge in [0, 0.05) is 5.69 Å². The second kappa shape index (κ2) is 4.36. The second-order valence-electron chi connectivity index (χ2n) is 3.64. The van der Waals surface area contributed by atoms with E-state index >= 15 is 0 Å². The predicted molar refractivity (Wildman–Crippen MR) is 59.1 cm³/mol. The summed E-state index contributed by atoms with van der Waals surface area (Å²) in [5.74, 6) is -2.51. The highest BCUT2D eigenvalue weighted by Gasteiger charge is 2.25. The van der Waals surface area contributed by atoms with E-state index in [-0.39, 0.29) is 30.0 Å². The summed E-state index contributed by atoms with van der Waals surface area (Å²) in [5, 5.41) is 17.8. The van der Waals surface area contributed by atoms with Crippen LogP contribution in [0.25, 0.3) is 0 Å². The van der Waals surface area contributed by atoms with Crippen molar-refractivity contribution in [1.29, 1.82) is 0 Å². The SMILES string of the molecule is O=C(O)c1cc(C(=O)O)cc(N2CCOC2=O)c1. The lowest BCUT2D eigenvalue weighted by Gasteiger charge is -2.14. The Morgan fingerprint density at radius 3 is 2.06 bits per heavy atom. The maximum atomic E-state index is 11.3. The Morgan fingerprint density at radius 1 is 1.11 bits per heavy atom. The van der Waals surface area contributed by atoms with Crippen molar-refractivity contribution in [1.82, 2.24) is 0 Å². The van der Waals surface area contributed by atoms with Gasteiger partial charge in [0.05, 0.1) is 17.7 Å². The molecule has 0 spiro atoms. The Balaban J connectivity index is 2.49. The smallest absolute Gasteiger partial charge is 0.414 e. The standard InChI is InChI=1S/C11H9NO6/c13-9(14)6-3-7(10(15)16)5-8(4-6)12-1-2-18-11(12)17/h3-5H,1-2H2,(H,13,14)(H,15,16). The first-order valence-corrected chi connectivity index (χ1v) is 5.05. The van der Waals surface area contributed by atoms with Crippen LogP contribution in [-0.4, -0.2) is 41.4 Å². The van der Waals surface area contributed by atoms with Crippen LogP contribution in [0.15, 0.2) is 18.2 Å². The minimum absolute atomic E-state index is 0.190. The number of rotatable bonds is 3. The number of carbonyl (C=O) groups is 3. The van der Waals surface area contributed by atoms with Crippen molar-refractivity contribution in [2.75, 3.05) is 18.1 Å². The number of hydrogen-bond donors (Lipinski definition) is 2. The van der Waals surface area contributed by atoms with Gasteiger partial charge in [-0.05, 0) is 18.2 Å². The van der Waals surface area contributed by atoms with E-state index < -0.39 is 18.0 Å². The van der Waals surface area contributed by atoms with Gasteiger partial charge in [0.25, 0.3) is 0 Å². The van der Waals surface area contributed by atoms with Gasteiger partial charge in [-0.1, -0.05) is 0 Å². The predicted octanol–water partition coefficient (Wildman–Crippen LogP) is 1.04. The van der Waals surface area contributed by atoms with Crippen LogP contribution >= 0.6 is 0 Å². The Labute approximate surface area is 101 Å². The van der Waals surface area contributed by atoms with Crippen molar-refractivity contribution in [2.24, 2.45) is 0 Å². The molecule has 0 aliphatic carbocycles. The first-order valence-electron chi connectivity index (χ1n) is 5.05. The number of nitrogens with zero attached hydrogens (tertiary/aromatic N) is 1. The molecule has 0 unspecified atom stereocenters. The topological polar surface area (TPSA) is 104 Å². The Kier molecular flexibility index (Phi) is 2.88. The van der Waals surface area contributed by atoms with Crippen molar-refractivity contribution in [2.45, 2.75) is 0 Å². The van der Waals surface area contributed by atoms with Crippen molar-refractivity contribution in [3.05, 3.63) is 29.3 Å². The van der Waals surface area contributed by atoms with Crippen molar-refractivity contribution >= 4 is 23.7 Å². The summed E-state index contributed by atoms with van der Waals surface area (Å²) in [6.07, 6.45) is -0.617. The zero-order valence-corrected chi connectivity index (χ0v) is 9.12. The van der Waals surface area contributed by atoms with Crippen LogP contribution in [0.3, 0.4) is 0 Å². The van der Waals surface area contributed by atoms with E-state index in [1.807, 2.05) is 0 Å². The molecule has 1 aliphatic heterocycles. The van der Waals surface area contributed by atoms with Gasteiger partial charge in [0.1, 0.15) is 6.61 Å². The minimum Gasteiger partial charge on any atom is -0.478 e. The van der Waals surface area contributed by atoms with Crippen LogP contribution < -0.4 is 4.90 Å². The molecule has 2 rings (SSSR count). The zero-order chi connectivity index (χ0) is 13.3. The van der Waals surface area contributed by atoms with Crippen LogP contribution in [0.2, 0.25) is 0 Å². The molecule has 1 saturated heterocycles. The molecule has 1 heterocycles. The van der Waals surface area contributed by atoms with Crippen LogP contribution in [0.1, 0.15) is 20.7 Å². The number of ether oxygens (including phenoxy) is 1. The van der Waals surface area contributed by atoms with E-state index in [4.69, 9.17) is 14.9 Å². The Hall–Kier alpha value is -2.57. The minimum atomic E-state index is -1.26. The lowest BCUT2D eigenvalue weighted by atomic mass is 10.1. The fourth-order valence-corrected chi connectivity index (χ4v) is 1.64. The summed E-state index contributed by atoms with van der Waals surface area (Å²) in [6.45, 7) is 0.458. The van der Waals surface area contributed by atoms with Crippen molar-refractivity contribution in [3.63, 3.8) is 0 Å². The molecule has 0 bridgehead atoms. The summed E-state index contributed by atoms with van der Waals surface area (Å²) in [4.78, 5) is 34.3. The molecule has 1 aromatic rings. The molecule has 1 aromatic carbocycles. The molecule has 0 atom stereocenters. The molecule has 0 aromatic heterocycles. The maximum absolute atomic E-state index is 11.3. The second-order valence-corrected chi connectivity index (χ2v) is 3.64. The fraction of sp³-hybridized carbons (Fsp3) is 0.182. The summed E-state index contributed by atoms with van der Waals surface area (Å²) >= 11 is 0. The van der Waals surface area contributed by atoms with Gasteiger partial charge < -0.3 is 14.9 Å². The van der Waals surface area contributed by atoms with Gasteiger partial charge in [-0.2, -0.15) is 0 Å². The third kappa shape index (κ3) is 2.10. The number of carboxylic acids is 2. The first-order chi connectivity index (χ1) is 8.49. The molecule has 1 aliphatic rings. The van der Waals surface area contributed by atoms with Gasteiger partial charge >= 0.3 is 18.0 Å². The highest BCUT2D eigenvalue weighted by molar-refractivity contribution is 5.98. The van der Waals surface area contributed by atoms with Gasteiger partial charge in [-0.3, -0.25) is 4.90 Å². The molecule has 0 radical (unpaired) electrons. The summed E-state index contributed by atoms with van der Waals surface area (Å²) in [6, 6.07) is 3.51. The van der Waals surface area contributed by atoms with Crippen molar-refractivity contribution in [3.8, 4) is 0 Å². The number of amides is 1. The average Bonchev–Trinajstić information content (AvgIpc) is 2.74. The quantitative estimate of drug-likeness (QED) is 0.831. The number of benzene rings is 1. The number of aromatic carboxylic acids is 2. The third-order valence-corrected chi connectivity index (χ3v) is 2.48. The average molecular weight is 251 g/mol. The first kappa shape index (κ1) is 11.9. The molecule has 1 amide bonds. The van der Waals surface area contributed by atoms with E-state index in [2.05, 4.69) is 0 Å². The fourth-order valence-electron chi connectivity index (χ4n) is 1.64. The third-order valence-electron chi connectivity index (χ3n) is 2.48. The highest BCUT2D eigenvalue weighted by Crippen LogP contribution is 2.22. The van der Waals surface area contributed by atoms with Gasteiger partial charge in [0.2, 0.25) is 0 Å². The molecule has 1 fully saturated rings. The number of anilines is 1. The maximum Gasteiger partial charge on any atom is 0.414 e. The van der Waals surface area contributed by atoms with E-state index in [0.717, 1.165) is 6.07 Å². The molecular formula is C11H9NO6. The summed E-state index contributed by atoms with van der Waals surface area (Å²) < 4.78 is 4.71. The molecule has 0 saturated carbocycles. The van der Waals surface area contributed by atoms with E-state index in [9.17, 15) is 14.4 Å². The van der Waals surface area contributed by atoms with Gasteiger partial charge in [-0.15, -0.1) is 0 Å². The number of carboxylic acid groups (broad SMARTS) is 2. The van der Waals surface area contributed by atoms with Gasteiger partial charge in [0.15, 0.2) is 0 Å². The summed E-state index contributed by atoms with van der Waals surface area (Å²) in [5.41, 5.74) is -0.177. The monoisotopic (exact) mass is 251 g/mol. The summed E-state index contributed by atoms with van der Waals surface area (Å²) in [7, 11) is 0. The van der Waals surface area contributed by atoms with Gasteiger partial charge in [-0.25, -0.2) is 14.4 Å². The number of carbonyl (C=O) groups excluding carboxylic acids is 1. The van der Waals surface area contributed by atoms with E-state index in [0.29, 0.717) is 0 Å². The molecular weight excluding hydrogens is 242 g/mol. The van der Waals surface area contributed by atoms with E-state index in [1.165, 1.54) is 17.0 Å². The zero-order valence-electron chi connectivity index (χ0n) is 9.12. The van der Waals surface area contributed by atoms with E-state index in [1.54, 1.807) is 0 Å². The van der Waals surface area contributed by atoms with Crippen LogP contribution in [0.4, 0.5) is 10.5 Å². The largest absolute Gasteiger partial charge is 0.478 e. The molecule has 7 heteroatoms.